The number of likely N-dealkylation sites (tertiary alicyclic amines) is 1. The van der Waals surface area contributed by atoms with Crippen LogP contribution in [0.2, 0.25) is 0 Å². The Kier molecular flexibility index (Phi) is 4.39. The summed E-state index contributed by atoms with van der Waals surface area (Å²) < 4.78 is 4.59. The van der Waals surface area contributed by atoms with Gasteiger partial charge in [0.05, 0.1) is 7.11 Å². The van der Waals surface area contributed by atoms with Gasteiger partial charge in [0.2, 0.25) is 5.91 Å². The maximum Gasteiger partial charge on any atom is 0.407 e. The Balaban J connectivity index is 2.18. The second-order valence-corrected chi connectivity index (χ2v) is 4.51. The average molecular weight is 262 g/mol. The quantitative estimate of drug-likeness (QED) is 0.902. The van der Waals surface area contributed by atoms with Gasteiger partial charge in [0.1, 0.15) is 6.04 Å². The number of methoxy groups -OCH3 is 1. The molecule has 0 saturated carbocycles. The molecule has 1 aliphatic heterocycles. The minimum absolute atomic E-state index is 0.0749. The Bertz CT molecular complexity index is 441. The van der Waals surface area contributed by atoms with Crippen molar-refractivity contribution in [2.75, 3.05) is 20.2 Å². The highest BCUT2D eigenvalue weighted by Crippen LogP contribution is 2.19. The first-order chi connectivity index (χ1) is 9.22. The van der Waals surface area contributed by atoms with Crippen molar-refractivity contribution in [3.63, 3.8) is 0 Å². The molecule has 2 amide bonds. The van der Waals surface area contributed by atoms with E-state index in [2.05, 4.69) is 10.1 Å². The van der Waals surface area contributed by atoms with Crippen LogP contribution in [-0.4, -0.2) is 37.1 Å². The molecule has 1 heterocycles. The molecule has 0 aliphatic carbocycles. The van der Waals surface area contributed by atoms with E-state index < -0.39 is 12.1 Å². The zero-order chi connectivity index (χ0) is 13.7. The lowest BCUT2D eigenvalue weighted by atomic mass is 10.1. The summed E-state index contributed by atoms with van der Waals surface area (Å²) >= 11 is 0. The van der Waals surface area contributed by atoms with E-state index in [9.17, 15) is 9.59 Å². The van der Waals surface area contributed by atoms with Crippen LogP contribution in [0.15, 0.2) is 30.3 Å². The van der Waals surface area contributed by atoms with Gasteiger partial charge < -0.3 is 15.0 Å². The van der Waals surface area contributed by atoms with Crippen molar-refractivity contribution in [1.82, 2.24) is 10.2 Å². The zero-order valence-electron chi connectivity index (χ0n) is 11.0. The molecule has 1 aromatic carbocycles. The number of hydrogen-bond donors (Lipinski definition) is 1. The maximum absolute atomic E-state index is 12.5. The van der Waals surface area contributed by atoms with E-state index in [0.717, 1.165) is 31.5 Å². The molecule has 1 aromatic rings. The molecule has 5 nitrogen and oxygen atoms in total. The molecule has 0 aromatic heterocycles. The fraction of sp³-hybridized carbons (Fsp3) is 0.429. The van der Waals surface area contributed by atoms with Crippen molar-refractivity contribution in [1.29, 1.82) is 0 Å². The molecule has 0 radical (unpaired) electrons. The SMILES string of the molecule is COC(=O)NC(C(=O)N1CCCC1)c1ccccc1. The molecule has 0 spiro atoms. The Morgan fingerprint density at radius 3 is 2.42 bits per heavy atom. The number of amides is 2. The first kappa shape index (κ1) is 13.4. The van der Waals surface area contributed by atoms with Gasteiger partial charge in [0.15, 0.2) is 0 Å². The van der Waals surface area contributed by atoms with Gasteiger partial charge in [-0.25, -0.2) is 4.79 Å². The van der Waals surface area contributed by atoms with Crippen molar-refractivity contribution in [3.8, 4) is 0 Å². The Morgan fingerprint density at radius 1 is 1.21 bits per heavy atom. The first-order valence-corrected chi connectivity index (χ1v) is 6.40. The van der Waals surface area contributed by atoms with E-state index in [-0.39, 0.29) is 5.91 Å². The van der Waals surface area contributed by atoms with Crippen LogP contribution in [0.1, 0.15) is 24.4 Å². The van der Waals surface area contributed by atoms with Gasteiger partial charge in [-0.3, -0.25) is 4.79 Å². The molecular formula is C14H18N2O3. The molecule has 1 N–H and O–H groups in total. The molecule has 5 heteroatoms. The predicted octanol–water partition coefficient (Wildman–Crippen LogP) is 1.71. The molecular weight excluding hydrogens is 244 g/mol. The zero-order valence-corrected chi connectivity index (χ0v) is 11.0. The number of benzene rings is 1. The molecule has 1 saturated heterocycles. The van der Waals surface area contributed by atoms with Crippen molar-refractivity contribution in [3.05, 3.63) is 35.9 Å². The van der Waals surface area contributed by atoms with Crippen molar-refractivity contribution in [2.45, 2.75) is 18.9 Å². The third-order valence-corrected chi connectivity index (χ3v) is 3.25. The van der Waals surface area contributed by atoms with Gasteiger partial charge in [0.25, 0.3) is 0 Å². The number of carbonyl (C=O) groups is 2. The van der Waals surface area contributed by atoms with E-state index >= 15 is 0 Å². The summed E-state index contributed by atoms with van der Waals surface area (Å²) in [5, 5.41) is 2.61. The lowest BCUT2D eigenvalue weighted by Gasteiger charge is -2.23. The monoisotopic (exact) mass is 262 g/mol. The van der Waals surface area contributed by atoms with Crippen LogP contribution >= 0.6 is 0 Å². The average Bonchev–Trinajstić information content (AvgIpc) is 2.99. The summed E-state index contributed by atoms with van der Waals surface area (Å²) in [6, 6.07) is 8.55. The molecule has 1 atom stereocenters. The van der Waals surface area contributed by atoms with Gasteiger partial charge in [-0.05, 0) is 18.4 Å². The Labute approximate surface area is 112 Å². The van der Waals surface area contributed by atoms with Crippen molar-refractivity contribution in [2.24, 2.45) is 0 Å². The van der Waals surface area contributed by atoms with Gasteiger partial charge in [0, 0.05) is 13.1 Å². The molecule has 1 fully saturated rings. The van der Waals surface area contributed by atoms with Crippen molar-refractivity contribution >= 4 is 12.0 Å². The van der Waals surface area contributed by atoms with Crippen LogP contribution in [0.4, 0.5) is 4.79 Å². The van der Waals surface area contributed by atoms with Crippen molar-refractivity contribution < 1.29 is 14.3 Å². The summed E-state index contributed by atoms with van der Waals surface area (Å²) in [6.45, 7) is 1.51. The third-order valence-electron chi connectivity index (χ3n) is 3.25. The molecule has 102 valence electrons. The highest BCUT2D eigenvalue weighted by Gasteiger charge is 2.29. The first-order valence-electron chi connectivity index (χ1n) is 6.40. The number of carbonyl (C=O) groups excluding carboxylic acids is 2. The van der Waals surface area contributed by atoms with Gasteiger partial charge in [-0.1, -0.05) is 30.3 Å². The van der Waals surface area contributed by atoms with Gasteiger partial charge in [-0.2, -0.15) is 0 Å². The smallest absolute Gasteiger partial charge is 0.407 e. The minimum atomic E-state index is -0.674. The van der Waals surface area contributed by atoms with Crippen LogP contribution in [0, 0.1) is 0 Å². The van der Waals surface area contributed by atoms with Crippen LogP contribution in [0.5, 0.6) is 0 Å². The molecule has 1 unspecified atom stereocenters. The Hall–Kier alpha value is -2.04. The summed E-state index contributed by atoms with van der Waals surface area (Å²) in [6.07, 6.45) is 1.44. The summed E-state index contributed by atoms with van der Waals surface area (Å²) in [5.74, 6) is -0.0749. The van der Waals surface area contributed by atoms with Crippen LogP contribution in [0.25, 0.3) is 0 Å². The van der Waals surface area contributed by atoms with Crippen LogP contribution in [0.3, 0.4) is 0 Å². The summed E-state index contributed by atoms with van der Waals surface area (Å²) in [5.41, 5.74) is 0.768. The lowest BCUT2D eigenvalue weighted by Crippen LogP contribution is -2.41. The van der Waals surface area contributed by atoms with Crippen LogP contribution < -0.4 is 5.32 Å². The lowest BCUT2D eigenvalue weighted by molar-refractivity contribution is -0.132. The normalized spacial score (nSPS) is 15.9. The van der Waals surface area contributed by atoms with Crippen LogP contribution in [-0.2, 0) is 9.53 Å². The fourth-order valence-electron chi connectivity index (χ4n) is 2.23. The topological polar surface area (TPSA) is 58.6 Å². The molecule has 1 aliphatic rings. The second-order valence-electron chi connectivity index (χ2n) is 4.51. The number of nitrogens with zero attached hydrogens (tertiary/aromatic N) is 1. The number of ether oxygens (including phenoxy) is 1. The molecule has 2 rings (SSSR count). The van der Waals surface area contributed by atoms with Gasteiger partial charge in [-0.15, -0.1) is 0 Å². The van der Waals surface area contributed by atoms with E-state index in [0.29, 0.717) is 0 Å². The highest BCUT2D eigenvalue weighted by atomic mass is 16.5. The minimum Gasteiger partial charge on any atom is -0.453 e. The van der Waals surface area contributed by atoms with E-state index in [4.69, 9.17) is 0 Å². The van der Waals surface area contributed by atoms with E-state index in [1.54, 1.807) is 4.90 Å². The van der Waals surface area contributed by atoms with Gasteiger partial charge >= 0.3 is 6.09 Å². The van der Waals surface area contributed by atoms with E-state index in [1.165, 1.54) is 7.11 Å². The Morgan fingerprint density at radius 2 is 1.84 bits per heavy atom. The number of alkyl carbamates (subject to hydrolysis) is 1. The maximum atomic E-state index is 12.5. The number of hydrogen-bond acceptors (Lipinski definition) is 3. The summed E-state index contributed by atoms with van der Waals surface area (Å²) in [4.78, 5) is 25.6. The highest BCUT2D eigenvalue weighted by molar-refractivity contribution is 5.87. The second kappa shape index (κ2) is 6.22. The largest absolute Gasteiger partial charge is 0.453 e. The number of nitrogens with one attached hydrogen (secondary N) is 1. The predicted molar refractivity (Wildman–Crippen MR) is 70.5 cm³/mol. The van der Waals surface area contributed by atoms with E-state index in [1.807, 2.05) is 30.3 Å². The molecule has 0 bridgehead atoms. The molecule has 19 heavy (non-hydrogen) atoms. The standard InChI is InChI=1S/C14H18N2O3/c1-19-14(18)15-12(11-7-3-2-4-8-11)13(17)16-9-5-6-10-16/h2-4,7-8,12H,5-6,9-10H2,1H3,(H,15,18). The number of rotatable bonds is 3. The third kappa shape index (κ3) is 3.24. The fourth-order valence-corrected chi connectivity index (χ4v) is 2.23. The summed E-state index contributed by atoms with van der Waals surface area (Å²) in [7, 11) is 1.29.